The summed E-state index contributed by atoms with van der Waals surface area (Å²) in [4.78, 5) is 8.15. The van der Waals surface area contributed by atoms with E-state index in [4.69, 9.17) is 0 Å². The van der Waals surface area contributed by atoms with Gasteiger partial charge < -0.3 is 5.32 Å². The summed E-state index contributed by atoms with van der Waals surface area (Å²) in [5, 5.41) is 4.76. The molecule has 0 fully saturated rings. The topological polar surface area (TPSA) is 37.8 Å². The number of benzene rings is 1. The Labute approximate surface area is 116 Å². The van der Waals surface area contributed by atoms with Gasteiger partial charge in [-0.1, -0.05) is 6.07 Å². The Morgan fingerprint density at radius 1 is 1.10 bits per heavy atom. The van der Waals surface area contributed by atoms with Crippen LogP contribution in [0.15, 0.2) is 42.0 Å². The summed E-state index contributed by atoms with van der Waals surface area (Å²) in [6, 6.07) is 6.85. The van der Waals surface area contributed by atoms with Gasteiger partial charge in [0.2, 0.25) is 0 Å². The predicted octanol–water partition coefficient (Wildman–Crippen LogP) is 4.45. The van der Waals surface area contributed by atoms with Crippen LogP contribution in [0.25, 0.3) is 10.2 Å². The minimum absolute atomic E-state index is 0.341. The molecule has 0 atom stereocenters. The predicted molar refractivity (Wildman–Crippen MR) is 72.1 cm³/mol. The van der Waals surface area contributed by atoms with Crippen molar-refractivity contribution in [2.45, 2.75) is 6.18 Å². The van der Waals surface area contributed by atoms with Crippen molar-refractivity contribution in [3.05, 3.63) is 47.6 Å². The Kier molecular flexibility index (Phi) is 3.06. The van der Waals surface area contributed by atoms with E-state index < -0.39 is 11.7 Å². The summed E-state index contributed by atoms with van der Waals surface area (Å²) in [5.41, 5.74) is 0.409. The van der Waals surface area contributed by atoms with E-state index in [2.05, 4.69) is 15.3 Å². The van der Waals surface area contributed by atoms with E-state index >= 15 is 0 Å². The molecule has 0 spiro atoms. The molecule has 3 rings (SSSR count). The number of thiophene rings is 1. The molecule has 1 N–H and O–H groups in total. The molecular weight excluding hydrogens is 287 g/mol. The fraction of sp³-hybridized carbons (Fsp3) is 0.0769. The van der Waals surface area contributed by atoms with Crippen molar-refractivity contribution in [2.75, 3.05) is 5.32 Å². The summed E-state index contributed by atoms with van der Waals surface area (Å²) in [6.45, 7) is 0. The highest BCUT2D eigenvalue weighted by atomic mass is 32.1. The largest absolute Gasteiger partial charge is 0.416 e. The van der Waals surface area contributed by atoms with Crippen molar-refractivity contribution in [1.82, 2.24) is 9.97 Å². The second kappa shape index (κ2) is 4.75. The second-order valence-corrected chi connectivity index (χ2v) is 4.98. The number of nitrogens with zero attached hydrogens (tertiary/aromatic N) is 2. The molecule has 20 heavy (non-hydrogen) atoms. The molecule has 0 bridgehead atoms. The summed E-state index contributed by atoms with van der Waals surface area (Å²) in [6.07, 6.45) is -2.98. The number of halogens is 3. The number of nitrogens with one attached hydrogen (secondary N) is 1. The van der Waals surface area contributed by atoms with E-state index in [-0.39, 0.29) is 0 Å². The van der Waals surface area contributed by atoms with E-state index in [0.717, 1.165) is 22.3 Å². The summed E-state index contributed by atoms with van der Waals surface area (Å²) in [7, 11) is 0. The van der Waals surface area contributed by atoms with Gasteiger partial charge in [0, 0.05) is 5.69 Å². The molecule has 2 heterocycles. The highest BCUT2D eigenvalue weighted by Crippen LogP contribution is 2.32. The van der Waals surface area contributed by atoms with Gasteiger partial charge in [0.1, 0.15) is 6.33 Å². The molecule has 0 aliphatic carbocycles. The van der Waals surface area contributed by atoms with Crippen molar-refractivity contribution in [2.24, 2.45) is 0 Å². The first-order valence-corrected chi connectivity index (χ1v) is 6.54. The highest BCUT2D eigenvalue weighted by Gasteiger charge is 2.30. The summed E-state index contributed by atoms with van der Waals surface area (Å²) < 4.78 is 38.8. The molecular formula is C13H8F3N3S. The first-order valence-electron chi connectivity index (χ1n) is 5.66. The van der Waals surface area contributed by atoms with Crippen molar-refractivity contribution in [1.29, 1.82) is 0 Å². The number of hydrogen-bond acceptors (Lipinski definition) is 4. The van der Waals surface area contributed by atoms with Crippen LogP contribution >= 0.6 is 11.3 Å². The Balaban J connectivity index is 1.97. The lowest BCUT2D eigenvalue weighted by atomic mass is 10.2. The minimum Gasteiger partial charge on any atom is -0.339 e. The fourth-order valence-electron chi connectivity index (χ4n) is 1.79. The number of anilines is 2. The molecule has 0 radical (unpaired) electrons. The quantitative estimate of drug-likeness (QED) is 0.758. The van der Waals surface area contributed by atoms with Gasteiger partial charge in [0.15, 0.2) is 5.82 Å². The van der Waals surface area contributed by atoms with Crippen LogP contribution in [0.4, 0.5) is 24.7 Å². The van der Waals surface area contributed by atoms with Crippen LogP contribution in [0.1, 0.15) is 5.56 Å². The van der Waals surface area contributed by atoms with Gasteiger partial charge >= 0.3 is 6.18 Å². The summed E-state index contributed by atoms with van der Waals surface area (Å²) in [5.74, 6) is 0.504. The number of rotatable bonds is 2. The van der Waals surface area contributed by atoms with E-state index in [1.54, 1.807) is 6.07 Å². The maximum atomic E-state index is 12.7. The zero-order valence-corrected chi connectivity index (χ0v) is 10.8. The number of fused-ring (bicyclic) bond motifs is 1. The van der Waals surface area contributed by atoms with Crippen LogP contribution < -0.4 is 5.32 Å². The zero-order chi connectivity index (χ0) is 14.2. The van der Waals surface area contributed by atoms with Crippen LogP contribution in [0.5, 0.6) is 0 Å². The molecule has 7 heteroatoms. The van der Waals surface area contributed by atoms with E-state index in [1.165, 1.54) is 23.7 Å². The van der Waals surface area contributed by atoms with Gasteiger partial charge in [0.05, 0.1) is 15.8 Å². The maximum Gasteiger partial charge on any atom is 0.416 e. The fourth-order valence-corrected chi connectivity index (χ4v) is 2.58. The average Bonchev–Trinajstić information content (AvgIpc) is 2.87. The molecule has 0 aliphatic heterocycles. The van der Waals surface area contributed by atoms with Gasteiger partial charge in [-0.15, -0.1) is 11.3 Å². The third kappa shape index (κ3) is 2.44. The maximum absolute atomic E-state index is 12.7. The van der Waals surface area contributed by atoms with Crippen molar-refractivity contribution >= 4 is 33.1 Å². The first kappa shape index (κ1) is 12.9. The number of alkyl halides is 3. The van der Waals surface area contributed by atoms with Gasteiger partial charge in [0.25, 0.3) is 0 Å². The van der Waals surface area contributed by atoms with Crippen molar-refractivity contribution < 1.29 is 13.2 Å². The molecule has 0 saturated heterocycles. The Hall–Kier alpha value is -2.15. The lowest BCUT2D eigenvalue weighted by Crippen LogP contribution is -2.05. The van der Waals surface area contributed by atoms with Crippen LogP contribution in [-0.4, -0.2) is 9.97 Å². The molecule has 1 aromatic carbocycles. The minimum atomic E-state index is -4.36. The summed E-state index contributed by atoms with van der Waals surface area (Å²) >= 11 is 1.43. The number of hydrogen-bond donors (Lipinski definition) is 1. The lowest BCUT2D eigenvalue weighted by Gasteiger charge is -2.10. The lowest BCUT2D eigenvalue weighted by molar-refractivity contribution is -0.137. The second-order valence-electron chi connectivity index (χ2n) is 4.06. The molecule has 0 unspecified atom stereocenters. The number of aromatic nitrogens is 2. The Bertz CT molecular complexity index is 752. The molecule has 3 aromatic rings. The third-order valence-electron chi connectivity index (χ3n) is 2.70. The van der Waals surface area contributed by atoms with Gasteiger partial charge in [-0.3, -0.25) is 0 Å². The monoisotopic (exact) mass is 295 g/mol. The molecule has 0 aliphatic rings. The zero-order valence-electron chi connectivity index (χ0n) is 9.98. The molecule has 0 saturated carbocycles. The third-order valence-corrected chi connectivity index (χ3v) is 3.61. The van der Waals surface area contributed by atoms with Gasteiger partial charge in [-0.05, 0) is 29.6 Å². The van der Waals surface area contributed by atoms with Gasteiger partial charge in [-0.2, -0.15) is 13.2 Å². The average molecular weight is 295 g/mol. The van der Waals surface area contributed by atoms with E-state index in [9.17, 15) is 13.2 Å². The molecule has 102 valence electrons. The normalized spacial score (nSPS) is 11.8. The van der Waals surface area contributed by atoms with Crippen molar-refractivity contribution in [3.63, 3.8) is 0 Å². The van der Waals surface area contributed by atoms with E-state index in [0.29, 0.717) is 11.5 Å². The smallest absolute Gasteiger partial charge is 0.339 e. The van der Waals surface area contributed by atoms with Gasteiger partial charge in [-0.25, -0.2) is 9.97 Å². The van der Waals surface area contributed by atoms with Crippen molar-refractivity contribution in [3.8, 4) is 0 Å². The van der Waals surface area contributed by atoms with Crippen LogP contribution in [0, 0.1) is 0 Å². The van der Waals surface area contributed by atoms with E-state index in [1.807, 2.05) is 11.4 Å². The molecule has 3 nitrogen and oxygen atoms in total. The standard InChI is InChI=1S/C13H8F3N3S/c14-13(15,16)8-2-1-3-9(6-8)19-12-11-10(4-5-20-11)17-7-18-12/h1-7H,(H,17,18,19). The molecule has 0 amide bonds. The first-order chi connectivity index (χ1) is 9.54. The SMILES string of the molecule is FC(F)(F)c1cccc(Nc2ncnc3ccsc23)c1. The highest BCUT2D eigenvalue weighted by molar-refractivity contribution is 7.17. The van der Waals surface area contributed by atoms with Crippen LogP contribution in [0.2, 0.25) is 0 Å². The molecule has 2 aromatic heterocycles. The Morgan fingerprint density at radius 2 is 1.95 bits per heavy atom. The van der Waals surface area contributed by atoms with Crippen LogP contribution in [-0.2, 0) is 6.18 Å². The Morgan fingerprint density at radius 3 is 2.75 bits per heavy atom. The van der Waals surface area contributed by atoms with Crippen LogP contribution in [0.3, 0.4) is 0 Å².